The Morgan fingerprint density at radius 3 is 2.30 bits per heavy atom. The quantitative estimate of drug-likeness (QED) is 0.514. The van der Waals surface area contributed by atoms with Gasteiger partial charge >= 0.3 is 0 Å². The monoisotopic (exact) mass is 382 g/mol. The van der Waals surface area contributed by atoms with E-state index in [0.717, 1.165) is 17.1 Å². The first-order chi connectivity index (χ1) is 9.61. The molecule has 0 saturated heterocycles. The Morgan fingerprint density at radius 1 is 1.00 bits per heavy atom. The van der Waals surface area contributed by atoms with E-state index in [2.05, 4.69) is 54.6 Å². The van der Waals surface area contributed by atoms with Crippen LogP contribution in [0.1, 0.15) is 35.0 Å². The van der Waals surface area contributed by atoms with E-state index in [0.29, 0.717) is 5.92 Å². The Labute approximate surface area is 134 Å². The third kappa shape index (κ3) is 3.66. The summed E-state index contributed by atoms with van der Waals surface area (Å²) in [7, 11) is 1.70. The van der Waals surface area contributed by atoms with E-state index in [-0.39, 0.29) is 4.11 Å². The number of ether oxygens (including phenoxy) is 2. The van der Waals surface area contributed by atoms with Crippen LogP contribution in [0.4, 0.5) is 0 Å². The van der Waals surface area contributed by atoms with Crippen LogP contribution in [0.15, 0.2) is 48.5 Å². The molecule has 0 aliphatic carbocycles. The molecule has 0 aliphatic rings. The van der Waals surface area contributed by atoms with E-state index in [9.17, 15) is 0 Å². The zero-order valence-corrected chi connectivity index (χ0v) is 14.1. The van der Waals surface area contributed by atoms with E-state index in [4.69, 9.17) is 9.47 Å². The molecule has 1 atom stereocenters. The van der Waals surface area contributed by atoms with Gasteiger partial charge in [0.2, 0.25) is 0 Å². The lowest BCUT2D eigenvalue weighted by Gasteiger charge is -2.17. The van der Waals surface area contributed by atoms with Crippen LogP contribution >= 0.6 is 22.6 Å². The largest absolute Gasteiger partial charge is 0.496 e. The van der Waals surface area contributed by atoms with Gasteiger partial charge < -0.3 is 9.47 Å². The second-order valence-corrected chi connectivity index (χ2v) is 6.03. The highest BCUT2D eigenvalue weighted by Crippen LogP contribution is 2.33. The highest BCUT2D eigenvalue weighted by molar-refractivity contribution is 14.1. The molecule has 0 N–H and O–H groups in total. The Bertz CT molecular complexity index is 552. The van der Waals surface area contributed by atoms with Crippen molar-refractivity contribution < 1.29 is 9.47 Å². The molecule has 0 aliphatic heterocycles. The van der Waals surface area contributed by atoms with Gasteiger partial charge in [-0.3, -0.25) is 0 Å². The summed E-state index contributed by atoms with van der Waals surface area (Å²) in [6.45, 7) is 4.31. The first-order valence-electron chi connectivity index (χ1n) is 6.65. The summed E-state index contributed by atoms with van der Waals surface area (Å²) in [6.07, 6.45) is 0. The maximum absolute atomic E-state index is 6.02. The molecule has 0 spiro atoms. The van der Waals surface area contributed by atoms with Crippen LogP contribution in [0, 0.1) is 0 Å². The number of hydrogen-bond donors (Lipinski definition) is 0. The van der Waals surface area contributed by atoms with Crippen LogP contribution < -0.4 is 9.47 Å². The summed E-state index contributed by atoms with van der Waals surface area (Å²) >= 11 is 2.30. The molecule has 0 radical (unpaired) electrons. The fourth-order valence-corrected chi connectivity index (χ4v) is 2.74. The molecule has 0 bridgehead atoms. The second-order valence-electron chi connectivity index (χ2n) is 4.90. The molecule has 0 fully saturated rings. The third-order valence-corrected chi connectivity index (χ3v) is 4.10. The minimum absolute atomic E-state index is 0.00204. The number of rotatable bonds is 5. The average molecular weight is 382 g/mol. The van der Waals surface area contributed by atoms with Gasteiger partial charge in [-0.2, -0.15) is 0 Å². The second kappa shape index (κ2) is 6.97. The molecule has 3 heteroatoms. The normalized spacial score (nSPS) is 12.2. The zero-order valence-electron chi connectivity index (χ0n) is 12.0. The minimum Gasteiger partial charge on any atom is -0.496 e. The van der Waals surface area contributed by atoms with Gasteiger partial charge in [-0.1, -0.05) is 44.2 Å². The molecule has 2 aromatic rings. The Balaban J connectivity index is 2.20. The molecule has 2 nitrogen and oxygen atoms in total. The van der Waals surface area contributed by atoms with Crippen molar-refractivity contribution in [3.63, 3.8) is 0 Å². The Morgan fingerprint density at radius 2 is 1.70 bits per heavy atom. The molecule has 0 saturated carbocycles. The van der Waals surface area contributed by atoms with Gasteiger partial charge in [-0.05, 0) is 46.7 Å². The van der Waals surface area contributed by atoms with Crippen LogP contribution in [0.2, 0.25) is 0 Å². The van der Waals surface area contributed by atoms with Crippen molar-refractivity contribution in [2.24, 2.45) is 0 Å². The maximum Gasteiger partial charge on any atom is 0.174 e. The van der Waals surface area contributed by atoms with Crippen molar-refractivity contribution in [3.8, 4) is 11.5 Å². The smallest absolute Gasteiger partial charge is 0.174 e. The predicted molar refractivity (Wildman–Crippen MR) is 90.9 cm³/mol. The summed E-state index contributed by atoms with van der Waals surface area (Å²) in [4.78, 5) is 0. The number of alkyl halides is 1. The van der Waals surface area contributed by atoms with Crippen molar-refractivity contribution in [2.75, 3.05) is 7.11 Å². The lowest BCUT2D eigenvalue weighted by molar-refractivity contribution is 0.309. The number of methoxy groups -OCH3 is 1. The summed E-state index contributed by atoms with van der Waals surface area (Å²) in [5.74, 6) is 2.19. The fourth-order valence-electron chi connectivity index (χ4n) is 2.03. The van der Waals surface area contributed by atoms with Crippen molar-refractivity contribution in [2.45, 2.75) is 23.9 Å². The lowest BCUT2D eigenvalue weighted by Crippen LogP contribution is -2.01. The van der Waals surface area contributed by atoms with Crippen LogP contribution in [0.25, 0.3) is 0 Å². The standard InChI is InChI=1S/C17H19IO2/c1-12(2)15-11-14(9-10-16(15)19-3)20-17(18)13-7-5-4-6-8-13/h4-12,17H,1-3H3. The third-order valence-electron chi connectivity index (χ3n) is 3.12. The highest BCUT2D eigenvalue weighted by Gasteiger charge is 2.12. The van der Waals surface area contributed by atoms with Crippen molar-refractivity contribution in [3.05, 3.63) is 59.7 Å². The number of halogens is 1. The molecule has 20 heavy (non-hydrogen) atoms. The number of hydrogen-bond acceptors (Lipinski definition) is 2. The van der Waals surface area contributed by atoms with Crippen molar-refractivity contribution in [1.29, 1.82) is 0 Å². The molecular formula is C17H19IO2. The fraction of sp³-hybridized carbons (Fsp3) is 0.294. The molecule has 0 aromatic heterocycles. The van der Waals surface area contributed by atoms with Gasteiger partial charge in [0.15, 0.2) is 4.11 Å². The molecule has 1 unspecified atom stereocenters. The Hall–Kier alpha value is -1.23. The predicted octanol–water partition coefficient (Wildman–Crippen LogP) is 5.33. The Kier molecular flexibility index (Phi) is 5.29. The van der Waals surface area contributed by atoms with Gasteiger partial charge in [-0.15, -0.1) is 0 Å². The molecule has 2 aromatic carbocycles. The van der Waals surface area contributed by atoms with Crippen LogP contribution in [0.3, 0.4) is 0 Å². The van der Waals surface area contributed by atoms with E-state index in [1.165, 1.54) is 5.56 Å². The molecule has 2 rings (SSSR count). The van der Waals surface area contributed by atoms with Gasteiger partial charge in [-0.25, -0.2) is 0 Å². The minimum atomic E-state index is 0.00204. The van der Waals surface area contributed by atoms with Gasteiger partial charge in [0.1, 0.15) is 11.5 Å². The SMILES string of the molecule is COc1ccc(OC(I)c2ccccc2)cc1C(C)C. The number of benzene rings is 2. The van der Waals surface area contributed by atoms with Gasteiger partial charge in [0, 0.05) is 11.1 Å². The summed E-state index contributed by atoms with van der Waals surface area (Å²) in [5.41, 5.74) is 2.33. The molecular weight excluding hydrogens is 363 g/mol. The van der Waals surface area contributed by atoms with Crippen LogP contribution in [-0.2, 0) is 0 Å². The summed E-state index contributed by atoms with van der Waals surface area (Å²) < 4.78 is 11.4. The first-order valence-corrected chi connectivity index (χ1v) is 7.90. The van der Waals surface area contributed by atoms with Crippen LogP contribution in [0.5, 0.6) is 11.5 Å². The molecule has 106 valence electrons. The zero-order chi connectivity index (χ0) is 14.5. The topological polar surface area (TPSA) is 18.5 Å². The average Bonchev–Trinajstić information content (AvgIpc) is 2.48. The highest BCUT2D eigenvalue weighted by atomic mass is 127. The van der Waals surface area contributed by atoms with Crippen molar-refractivity contribution >= 4 is 22.6 Å². The van der Waals surface area contributed by atoms with E-state index in [1.807, 2.05) is 30.3 Å². The van der Waals surface area contributed by atoms with Gasteiger partial charge in [0.05, 0.1) is 7.11 Å². The maximum atomic E-state index is 6.02. The van der Waals surface area contributed by atoms with E-state index < -0.39 is 0 Å². The van der Waals surface area contributed by atoms with Crippen molar-refractivity contribution in [1.82, 2.24) is 0 Å². The molecule has 0 amide bonds. The summed E-state index contributed by atoms with van der Waals surface area (Å²) in [5, 5.41) is 0. The first kappa shape index (κ1) is 15.2. The van der Waals surface area contributed by atoms with Gasteiger partial charge in [0.25, 0.3) is 0 Å². The molecule has 0 heterocycles. The lowest BCUT2D eigenvalue weighted by atomic mass is 10.0. The summed E-state index contributed by atoms with van der Waals surface area (Å²) in [6, 6.07) is 16.2. The van der Waals surface area contributed by atoms with E-state index in [1.54, 1.807) is 7.11 Å². The van der Waals surface area contributed by atoms with E-state index >= 15 is 0 Å². The van der Waals surface area contributed by atoms with Crippen LogP contribution in [-0.4, -0.2) is 7.11 Å².